The van der Waals surface area contributed by atoms with Gasteiger partial charge in [-0.3, -0.25) is 4.79 Å². The third kappa shape index (κ3) is 6.68. The maximum Gasteiger partial charge on any atom is 0.224 e. The molecule has 0 aliphatic rings. The summed E-state index contributed by atoms with van der Waals surface area (Å²) in [7, 11) is 0. The van der Waals surface area contributed by atoms with Crippen molar-refractivity contribution in [2.75, 3.05) is 18.4 Å². The van der Waals surface area contributed by atoms with E-state index in [1.165, 1.54) is 0 Å². The van der Waals surface area contributed by atoms with Crippen molar-refractivity contribution in [3.63, 3.8) is 0 Å². The molecule has 0 unspecified atom stereocenters. The van der Waals surface area contributed by atoms with Gasteiger partial charge in [-0.2, -0.15) is 0 Å². The van der Waals surface area contributed by atoms with Crippen LogP contribution in [0.4, 0.5) is 5.69 Å². The van der Waals surface area contributed by atoms with Crippen LogP contribution in [0, 0.1) is 0 Å². The molecule has 3 aromatic rings. The number of nitrogens with zero attached hydrogens (tertiary/aromatic N) is 1. The second-order valence-corrected chi connectivity index (χ2v) is 6.87. The molecular weight excluding hydrogens is 360 g/mol. The zero-order chi connectivity index (χ0) is 20.3. The molecule has 0 heterocycles. The fraction of sp³-hybridized carbons (Fsp3) is 0.240. The van der Waals surface area contributed by atoms with Gasteiger partial charge in [-0.05, 0) is 42.3 Å². The second kappa shape index (κ2) is 10.9. The highest BCUT2D eigenvalue weighted by Gasteiger charge is 2.11. The van der Waals surface area contributed by atoms with Crippen molar-refractivity contribution in [1.29, 1.82) is 0 Å². The Hall–Kier alpha value is -3.27. The van der Waals surface area contributed by atoms with Crippen LogP contribution in [0.2, 0.25) is 0 Å². The molecule has 0 fully saturated rings. The number of benzene rings is 3. The van der Waals surface area contributed by atoms with Crippen molar-refractivity contribution < 1.29 is 9.53 Å². The number of carbonyl (C=O) groups excluding carboxylic acids is 1. The Morgan fingerprint density at radius 3 is 2.10 bits per heavy atom. The van der Waals surface area contributed by atoms with Gasteiger partial charge < -0.3 is 15.0 Å². The summed E-state index contributed by atoms with van der Waals surface area (Å²) in [6.07, 6.45) is 0.465. The van der Waals surface area contributed by atoms with Gasteiger partial charge in [0.15, 0.2) is 0 Å². The Morgan fingerprint density at radius 2 is 1.48 bits per heavy atom. The number of hydrogen-bond acceptors (Lipinski definition) is 3. The highest BCUT2D eigenvalue weighted by Crippen LogP contribution is 2.17. The Balaban J connectivity index is 1.41. The molecule has 4 nitrogen and oxygen atoms in total. The lowest BCUT2D eigenvalue weighted by atomic mass is 10.2. The maximum absolute atomic E-state index is 12.5. The van der Waals surface area contributed by atoms with E-state index in [9.17, 15) is 4.79 Å². The molecule has 0 spiro atoms. The highest BCUT2D eigenvalue weighted by atomic mass is 16.5. The zero-order valence-corrected chi connectivity index (χ0v) is 16.9. The largest absolute Gasteiger partial charge is 0.489 e. The van der Waals surface area contributed by atoms with Gasteiger partial charge in [-0.1, -0.05) is 60.7 Å². The van der Waals surface area contributed by atoms with Gasteiger partial charge in [0, 0.05) is 31.7 Å². The number of ether oxygens (including phenoxy) is 1. The number of amides is 1. The van der Waals surface area contributed by atoms with Crippen molar-refractivity contribution in [3.8, 4) is 5.75 Å². The van der Waals surface area contributed by atoms with Crippen molar-refractivity contribution >= 4 is 11.6 Å². The van der Waals surface area contributed by atoms with Gasteiger partial charge in [-0.15, -0.1) is 0 Å². The molecule has 0 bridgehead atoms. The highest BCUT2D eigenvalue weighted by molar-refractivity contribution is 5.76. The lowest BCUT2D eigenvalue weighted by Crippen LogP contribution is -2.31. The van der Waals surface area contributed by atoms with Gasteiger partial charge in [0.05, 0.1) is 0 Å². The first-order valence-corrected chi connectivity index (χ1v) is 10.1. The van der Waals surface area contributed by atoms with E-state index in [4.69, 9.17) is 4.74 Å². The van der Waals surface area contributed by atoms with E-state index in [0.29, 0.717) is 32.7 Å². The Morgan fingerprint density at radius 1 is 0.862 bits per heavy atom. The standard InChI is InChI=1S/C25H28N2O2/c1-2-27(19-21-9-5-3-6-10-21)25(28)17-18-26-23-13-15-24(16-14-23)29-20-22-11-7-4-8-12-22/h3-16,26H,2,17-20H2,1H3. The molecule has 0 atom stereocenters. The summed E-state index contributed by atoms with van der Waals surface area (Å²) in [5, 5.41) is 3.32. The average Bonchev–Trinajstić information content (AvgIpc) is 2.78. The van der Waals surface area contributed by atoms with Crippen LogP contribution in [0.5, 0.6) is 5.75 Å². The van der Waals surface area contributed by atoms with Crippen LogP contribution < -0.4 is 10.1 Å². The number of anilines is 1. The molecule has 0 radical (unpaired) electrons. The molecule has 0 aliphatic heterocycles. The normalized spacial score (nSPS) is 10.4. The van der Waals surface area contributed by atoms with Crippen LogP contribution in [0.3, 0.4) is 0 Å². The first kappa shape index (κ1) is 20.5. The predicted molar refractivity (Wildman–Crippen MR) is 118 cm³/mol. The summed E-state index contributed by atoms with van der Waals surface area (Å²) in [4.78, 5) is 14.4. The number of nitrogens with one attached hydrogen (secondary N) is 1. The molecule has 0 saturated carbocycles. The third-order valence-electron chi connectivity index (χ3n) is 4.72. The van der Waals surface area contributed by atoms with Crippen LogP contribution in [-0.2, 0) is 17.9 Å². The third-order valence-corrected chi connectivity index (χ3v) is 4.72. The van der Waals surface area contributed by atoms with Crippen LogP contribution in [0.25, 0.3) is 0 Å². The second-order valence-electron chi connectivity index (χ2n) is 6.87. The minimum atomic E-state index is 0.159. The van der Waals surface area contributed by atoms with E-state index in [-0.39, 0.29) is 5.91 Å². The summed E-state index contributed by atoms with van der Waals surface area (Å²) < 4.78 is 5.80. The monoisotopic (exact) mass is 388 g/mol. The molecule has 29 heavy (non-hydrogen) atoms. The van der Waals surface area contributed by atoms with Crippen LogP contribution in [0.15, 0.2) is 84.9 Å². The summed E-state index contributed by atoms with van der Waals surface area (Å²) >= 11 is 0. The van der Waals surface area contributed by atoms with Crippen molar-refractivity contribution in [2.24, 2.45) is 0 Å². The zero-order valence-electron chi connectivity index (χ0n) is 16.9. The van der Waals surface area contributed by atoms with Gasteiger partial charge >= 0.3 is 0 Å². The molecule has 1 amide bonds. The van der Waals surface area contributed by atoms with Gasteiger partial charge in [0.1, 0.15) is 12.4 Å². The minimum Gasteiger partial charge on any atom is -0.489 e. The number of hydrogen-bond donors (Lipinski definition) is 1. The number of rotatable bonds is 10. The van der Waals surface area contributed by atoms with Crippen LogP contribution in [0.1, 0.15) is 24.5 Å². The van der Waals surface area contributed by atoms with Gasteiger partial charge in [0.2, 0.25) is 5.91 Å². The minimum absolute atomic E-state index is 0.159. The van der Waals surface area contributed by atoms with Crippen LogP contribution in [-0.4, -0.2) is 23.9 Å². The first-order chi connectivity index (χ1) is 14.2. The van der Waals surface area contributed by atoms with E-state index in [1.807, 2.05) is 84.6 Å². The van der Waals surface area contributed by atoms with E-state index in [1.54, 1.807) is 0 Å². The fourth-order valence-corrected chi connectivity index (χ4v) is 3.06. The molecule has 0 aliphatic carbocycles. The maximum atomic E-state index is 12.5. The lowest BCUT2D eigenvalue weighted by molar-refractivity contribution is -0.131. The van der Waals surface area contributed by atoms with E-state index < -0.39 is 0 Å². The molecular formula is C25H28N2O2. The molecule has 3 rings (SSSR count). The first-order valence-electron chi connectivity index (χ1n) is 10.1. The summed E-state index contributed by atoms with van der Waals surface area (Å²) in [6.45, 7) is 4.54. The number of carbonyl (C=O) groups is 1. The van der Waals surface area contributed by atoms with E-state index >= 15 is 0 Å². The molecule has 0 saturated heterocycles. The van der Waals surface area contributed by atoms with Crippen molar-refractivity contribution in [1.82, 2.24) is 4.90 Å². The van der Waals surface area contributed by atoms with Gasteiger partial charge in [0.25, 0.3) is 0 Å². The quantitative estimate of drug-likeness (QED) is 0.524. The fourth-order valence-electron chi connectivity index (χ4n) is 3.06. The van der Waals surface area contributed by atoms with E-state index in [2.05, 4.69) is 17.4 Å². The van der Waals surface area contributed by atoms with Crippen molar-refractivity contribution in [2.45, 2.75) is 26.5 Å². The molecule has 1 N–H and O–H groups in total. The average molecular weight is 389 g/mol. The lowest BCUT2D eigenvalue weighted by Gasteiger charge is -2.21. The summed E-state index contributed by atoms with van der Waals surface area (Å²) in [5.41, 5.74) is 3.28. The summed E-state index contributed by atoms with van der Waals surface area (Å²) in [5.74, 6) is 0.988. The SMILES string of the molecule is CCN(Cc1ccccc1)C(=O)CCNc1ccc(OCc2ccccc2)cc1. The Kier molecular flexibility index (Phi) is 7.70. The predicted octanol–water partition coefficient (Wildman–Crippen LogP) is 5.12. The Bertz CT molecular complexity index is 864. The molecule has 4 heteroatoms. The van der Waals surface area contributed by atoms with Gasteiger partial charge in [-0.25, -0.2) is 0 Å². The molecule has 0 aromatic heterocycles. The van der Waals surface area contributed by atoms with Crippen molar-refractivity contribution in [3.05, 3.63) is 96.1 Å². The molecule has 150 valence electrons. The van der Waals surface area contributed by atoms with E-state index in [0.717, 1.165) is 22.6 Å². The topological polar surface area (TPSA) is 41.6 Å². The smallest absolute Gasteiger partial charge is 0.224 e. The summed E-state index contributed by atoms with van der Waals surface area (Å²) in [6, 6.07) is 28.0. The van der Waals surface area contributed by atoms with Crippen LogP contribution >= 0.6 is 0 Å². The Labute approximate surface area is 173 Å². The molecule has 3 aromatic carbocycles.